The van der Waals surface area contributed by atoms with Gasteiger partial charge in [0.1, 0.15) is 16.8 Å². The SMILES string of the molecule is Clc1cncc(NCCCCNc2ccccn2)n1. The topological polar surface area (TPSA) is 62.7 Å². The van der Waals surface area contributed by atoms with E-state index in [0.717, 1.165) is 31.7 Å². The summed E-state index contributed by atoms with van der Waals surface area (Å²) in [6, 6.07) is 5.83. The number of nitrogens with one attached hydrogen (secondary N) is 2. The second kappa shape index (κ2) is 7.53. The molecular weight excluding hydrogens is 262 g/mol. The number of anilines is 2. The molecule has 2 N–H and O–H groups in total. The van der Waals surface area contributed by atoms with Crippen molar-refractivity contribution in [3.8, 4) is 0 Å². The largest absolute Gasteiger partial charge is 0.370 e. The fourth-order valence-electron chi connectivity index (χ4n) is 1.58. The highest BCUT2D eigenvalue weighted by molar-refractivity contribution is 6.29. The molecule has 100 valence electrons. The first-order valence-electron chi connectivity index (χ1n) is 6.21. The first-order chi connectivity index (χ1) is 9.34. The standard InChI is InChI=1S/C13H16ClN5/c14-11-9-15-10-13(19-11)18-8-4-3-7-17-12-5-1-2-6-16-12/h1-2,5-6,9-10H,3-4,7-8H2,(H,16,17)(H,18,19). The van der Waals surface area contributed by atoms with Gasteiger partial charge in [0.2, 0.25) is 0 Å². The van der Waals surface area contributed by atoms with E-state index < -0.39 is 0 Å². The van der Waals surface area contributed by atoms with E-state index in [4.69, 9.17) is 11.6 Å². The molecule has 19 heavy (non-hydrogen) atoms. The van der Waals surface area contributed by atoms with Gasteiger partial charge in [0.25, 0.3) is 0 Å². The van der Waals surface area contributed by atoms with Gasteiger partial charge in [-0.25, -0.2) is 9.97 Å². The first-order valence-corrected chi connectivity index (χ1v) is 6.59. The number of unbranched alkanes of at least 4 members (excludes halogenated alkanes) is 1. The van der Waals surface area contributed by atoms with Crippen molar-refractivity contribution < 1.29 is 0 Å². The molecule has 0 amide bonds. The normalized spacial score (nSPS) is 10.2. The van der Waals surface area contributed by atoms with E-state index >= 15 is 0 Å². The summed E-state index contributed by atoms with van der Waals surface area (Å²) in [5.41, 5.74) is 0. The van der Waals surface area contributed by atoms with Crippen molar-refractivity contribution in [1.29, 1.82) is 0 Å². The minimum Gasteiger partial charge on any atom is -0.370 e. The van der Waals surface area contributed by atoms with Crippen molar-refractivity contribution in [1.82, 2.24) is 15.0 Å². The summed E-state index contributed by atoms with van der Waals surface area (Å²) in [6.45, 7) is 1.75. The third kappa shape index (κ3) is 5.09. The highest BCUT2D eigenvalue weighted by Crippen LogP contribution is 2.06. The summed E-state index contributed by atoms with van der Waals surface area (Å²) in [5, 5.41) is 6.85. The molecule has 2 rings (SSSR count). The summed E-state index contributed by atoms with van der Waals surface area (Å²) in [5.74, 6) is 1.63. The van der Waals surface area contributed by atoms with Crippen LogP contribution in [0, 0.1) is 0 Å². The molecule has 0 fully saturated rings. The van der Waals surface area contributed by atoms with Crippen LogP contribution in [0.4, 0.5) is 11.6 Å². The number of rotatable bonds is 7. The van der Waals surface area contributed by atoms with Crippen molar-refractivity contribution in [2.45, 2.75) is 12.8 Å². The van der Waals surface area contributed by atoms with E-state index in [-0.39, 0.29) is 0 Å². The van der Waals surface area contributed by atoms with Crippen LogP contribution < -0.4 is 10.6 Å². The van der Waals surface area contributed by atoms with E-state index in [0.29, 0.717) is 11.0 Å². The smallest absolute Gasteiger partial charge is 0.149 e. The molecule has 0 aliphatic heterocycles. The fourth-order valence-corrected chi connectivity index (χ4v) is 1.72. The summed E-state index contributed by atoms with van der Waals surface area (Å²) in [4.78, 5) is 12.3. The Morgan fingerprint density at radius 1 is 1.00 bits per heavy atom. The zero-order valence-electron chi connectivity index (χ0n) is 10.5. The van der Waals surface area contributed by atoms with Crippen molar-refractivity contribution in [3.05, 3.63) is 41.9 Å². The lowest BCUT2D eigenvalue weighted by Gasteiger charge is -2.06. The zero-order valence-corrected chi connectivity index (χ0v) is 11.3. The second-order valence-electron chi connectivity index (χ2n) is 4.00. The molecule has 6 heteroatoms. The van der Waals surface area contributed by atoms with Crippen LogP contribution in [0.5, 0.6) is 0 Å². The maximum absolute atomic E-state index is 5.74. The maximum Gasteiger partial charge on any atom is 0.149 e. The van der Waals surface area contributed by atoms with Gasteiger partial charge in [0, 0.05) is 19.3 Å². The Morgan fingerprint density at radius 3 is 2.47 bits per heavy atom. The molecule has 0 aromatic carbocycles. The predicted molar refractivity (Wildman–Crippen MR) is 77.5 cm³/mol. The molecule has 0 aliphatic rings. The molecule has 2 heterocycles. The Bertz CT molecular complexity index is 491. The van der Waals surface area contributed by atoms with Crippen LogP contribution in [0.3, 0.4) is 0 Å². The summed E-state index contributed by atoms with van der Waals surface area (Å²) >= 11 is 5.74. The second-order valence-corrected chi connectivity index (χ2v) is 4.39. The molecule has 5 nitrogen and oxygen atoms in total. The Morgan fingerprint density at radius 2 is 1.79 bits per heavy atom. The molecular formula is C13H16ClN5. The van der Waals surface area contributed by atoms with E-state index in [1.807, 2.05) is 18.2 Å². The third-order valence-electron chi connectivity index (χ3n) is 2.49. The summed E-state index contributed by atoms with van der Waals surface area (Å²) in [7, 11) is 0. The van der Waals surface area contributed by atoms with Crippen LogP contribution in [-0.2, 0) is 0 Å². The Labute approximate surface area is 117 Å². The number of halogens is 1. The van der Waals surface area contributed by atoms with Crippen molar-refractivity contribution >= 4 is 23.2 Å². The van der Waals surface area contributed by atoms with Crippen molar-refractivity contribution in [3.63, 3.8) is 0 Å². The summed E-state index contributed by atoms with van der Waals surface area (Å²) < 4.78 is 0. The fraction of sp³-hybridized carbons (Fsp3) is 0.308. The third-order valence-corrected chi connectivity index (χ3v) is 2.67. The van der Waals surface area contributed by atoms with E-state index in [1.165, 1.54) is 6.20 Å². The monoisotopic (exact) mass is 277 g/mol. The Balaban J connectivity index is 1.58. The highest BCUT2D eigenvalue weighted by Gasteiger charge is 1.96. The maximum atomic E-state index is 5.74. The van der Waals surface area contributed by atoms with Gasteiger partial charge in [-0.3, -0.25) is 4.98 Å². The Kier molecular flexibility index (Phi) is 5.37. The molecule has 0 aliphatic carbocycles. The van der Waals surface area contributed by atoms with Crippen LogP contribution >= 0.6 is 11.6 Å². The predicted octanol–water partition coefficient (Wildman–Crippen LogP) is 2.83. The Hall–Kier alpha value is -1.88. The molecule has 0 bridgehead atoms. The molecule has 0 spiro atoms. The van der Waals surface area contributed by atoms with E-state index in [1.54, 1.807) is 12.4 Å². The number of hydrogen-bond donors (Lipinski definition) is 2. The molecule has 2 aromatic heterocycles. The van der Waals surface area contributed by atoms with E-state index in [9.17, 15) is 0 Å². The van der Waals surface area contributed by atoms with Gasteiger partial charge in [-0.2, -0.15) is 0 Å². The number of aromatic nitrogens is 3. The van der Waals surface area contributed by atoms with Crippen LogP contribution in [0.1, 0.15) is 12.8 Å². The van der Waals surface area contributed by atoms with Crippen molar-refractivity contribution in [2.24, 2.45) is 0 Å². The van der Waals surface area contributed by atoms with Crippen LogP contribution in [0.15, 0.2) is 36.8 Å². The van der Waals surface area contributed by atoms with Gasteiger partial charge in [0.15, 0.2) is 0 Å². The summed E-state index contributed by atoms with van der Waals surface area (Å²) in [6.07, 6.45) is 7.05. The molecule has 0 atom stereocenters. The van der Waals surface area contributed by atoms with E-state index in [2.05, 4.69) is 25.6 Å². The highest BCUT2D eigenvalue weighted by atomic mass is 35.5. The van der Waals surface area contributed by atoms with Gasteiger partial charge in [0.05, 0.1) is 12.4 Å². The van der Waals surface area contributed by atoms with Crippen LogP contribution in [0.2, 0.25) is 5.15 Å². The lowest BCUT2D eigenvalue weighted by Crippen LogP contribution is -2.08. The molecule has 0 unspecified atom stereocenters. The molecule has 0 radical (unpaired) electrons. The number of hydrogen-bond acceptors (Lipinski definition) is 5. The van der Waals surface area contributed by atoms with Gasteiger partial charge in [-0.1, -0.05) is 17.7 Å². The number of nitrogens with zero attached hydrogens (tertiary/aromatic N) is 3. The van der Waals surface area contributed by atoms with Gasteiger partial charge in [-0.05, 0) is 25.0 Å². The lowest BCUT2D eigenvalue weighted by molar-refractivity contribution is 0.791. The van der Waals surface area contributed by atoms with Crippen LogP contribution in [-0.4, -0.2) is 28.0 Å². The number of pyridine rings is 1. The average Bonchev–Trinajstić information content (AvgIpc) is 2.44. The molecule has 0 saturated carbocycles. The van der Waals surface area contributed by atoms with Crippen LogP contribution in [0.25, 0.3) is 0 Å². The quantitative estimate of drug-likeness (QED) is 0.762. The van der Waals surface area contributed by atoms with Gasteiger partial charge in [-0.15, -0.1) is 0 Å². The molecule has 2 aromatic rings. The van der Waals surface area contributed by atoms with Gasteiger partial charge >= 0.3 is 0 Å². The lowest BCUT2D eigenvalue weighted by atomic mass is 10.3. The minimum absolute atomic E-state index is 0.404. The zero-order chi connectivity index (χ0) is 13.3. The first kappa shape index (κ1) is 13.5. The van der Waals surface area contributed by atoms with Crippen molar-refractivity contribution in [2.75, 3.05) is 23.7 Å². The minimum atomic E-state index is 0.404. The van der Waals surface area contributed by atoms with Gasteiger partial charge < -0.3 is 10.6 Å². The average molecular weight is 278 g/mol. The molecule has 0 saturated heterocycles.